The number of rotatable bonds is 8. The van der Waals surface area contributed by atoms with Gasteiger partial charge in [0, 0.05) is 5.69 Å². The molecule has 0 aliphatic carbocycles. The third kappa shape index (κ3) is 6.85. The SMILES string of the molecule is CCOc1cc(/C=C2/SC(=Nc3ccc(F)cc3)NC2=O)cc(I)c1OCC(=O)Nc1ccccc1. The minimum absolute atomic E-state index is 0.188. The number of carbonyl (C=O) groups is 2. The zero-order valence-electron chi connectivity index (χ0n) is 19.1. The summed E-state index contributed by atoms with van der Waals surface area (Å²) in [4.78, 5) is 29.6. The molecule has 1 saturated heterocycles. The summed E-state index contributed by atoms with van der Waals surface area (Å²) in [5.74, 6) is -0.0201. The highest BCUT2D eigenvalue weighted by Crippen LogP contribution is 2.36. The second-order valence-corrected chi connectivity index (χ2v) is 9.62. The number of amidine groups is 1. The largest absolute Gasteiger partial charge is 0.490 e. The van der Waals surface area contributed by atoms with Crippen LogP contribution in [0.4, 0.5) is 15.8 Å². The number of amides is 2. The van der Waals surface area contributed by atoms with Gasteiger partial charge in [-0.05, 0) is 101 Å². The van der Waals surface area contributed by atoms with Crippen LogP contribution in [0.2, 0.25) is 0 Å². The maximum absolute atomic E-state index is 13.1. The fraction of sp³-hybridized carbons (Fsp3) is 0.115. The molecule has 4 rings (SSSR count). The van der Waals surface area contributed by atoms with Crippen molar-refractivity contribution in [3.05, 3.63) is 86.6 Å². The van der Waals surface area contributed by atoms with E-state index in [-0.39, 0.29) is 24.2 Å². The van der Waals surface area contributed by atoms with E-state index in [0.717, 1.165) is 9.13 Å². The lowest BCUT2D eigenvalue weighted by atomic mass is 10.2. The molecule has 3 aromatic carbocycles. The molecular weight excluding hydrogens is 596 g/mol. The van der Waals surface area contributed by atoms with E-state index >= 15 is 0 Å². The van der Waals surface area contributed by atoms with Gasteiger partial charge in [0.05, 0.1) is 20.8 Å². The first kappa shape index (κ1) is 25.7. The van der Waals surface area contributed by atoms with Crippen molar-refractivity contribution in [1.82, 2.24) is 5.32 Å². The van der Waals surface area contributed by atoms with E-state index in [2.05, 4.69) is 38.2 Å². The van der Waals surface area contributed by atoms with Crippen LogP contribution in [0, 0.1) is 9.39 Å². The van der Waals surface area contributed by atoms with Crippen LogP contribution in [0.1, 0.15) is 12.5 Å². The van der Waals surface area contributed by atoms with Gasteiger partial charge in [-0.3, -0.25) is 9.59 Å². The second kappa shape index (κ2) is 12.0. The highest BCUT2D eigenvalue weighted by atomic mass is 127. The Labute approximate surface area is 225 Å². The number of benzene rings is 3. The number of nitrogens with zero attached hydrogens (tertiary/aromatic N) is 1. The lowest BCUT2D eigenvalue weighted by Gasteiger charge is -2.15. The van der Waals surface area contributed by atoms with E-state index in [1.807, 2.05) is 31.2 Å². The van der Waals surface area contributed by atoms with Gasteiger partial charge in [0.2, 0.25) is 0 Å². The first-order valence-corrected chi connectivity index (χ1v) is 12.8. The zero-order chi connectivity index (χ0) is 25.5. The van der Waals surface area contributed by atoms with Gasteiger partial charge in [-0.15, -0.1) is 0 Å². The molecule has 3 aromatic rings. The zero-order valence-corrected chi connectivity index (χ0v) is 22.1. The van der Waals surface area contributed by atoms with E-state index < -0.39 is 0 Å². The third-order valence-corrected chi connectivity index (χ3v) is 6.45. The molecule has 1 fully saturated rings. The summed E-state index contributed by atoms with van der Waals surface area (Å²) >= 11 is 3.29. The lowest BCUT2D eigenvalue weighted by molar-refractivity contribution is -0.118. The average molecular weight is 617 g/mol. The van der Waals surface area contributed by atoms with Gasteiger partial charge in [-0.2, -0.15) is 0 Å². The van der Waals surface area contributed by atoms with Crippen LogP contribution in [-0.4, -0.2) is 30.2 Å². The minimum atomic E-state index is -0.355. The molecular formula is C26H21FIN3O4S. The lowest BCUT2D eigenvalue weighted by Crippen LogP contribution is -2.20. The molecule has 0 unspecified atom stereocenters. The number of halogens is 2. The Morgan fingerprint density at radius 3 is 2.61 bits per heavy atom. The number of thioether (sulfide) groups is 1. The molecule has 184 valence electrons. The van der Waals surface area contributed by atoms with Crippen molar-refractivity contribution >= 4 is 68.8 Å². The van der Waals surface area contributed by atoms with Crippen molar-refractivity contribution in [1.29, 1.82) is 0 Å². The van der Waals surface area contributed by atoms with E-state index in [9.17, 15) is 14.0 Å². The van der Waals surface area contributed by atoms with Crippen LogP contribution in [0.3, 0.4) is 0 Å². The van der Waals surface area contributed by atoms with Crippen LogP contribution >= 0.6 is 34.4 Å². The van der Waals surface area contributed by atoms with Gasteiger partial charge in [0.1, 0.15) is 5.82 Å². The van der Waals surface area contributed by atoms with Crippen molar-refractivity contribution in [2.45, 2.75) is 6.92 Å². The molecule has 7 nitrogen and oxygen atoms in total. The molecule has 36 heavy (non-hydrogen) atoms. The first-order valence-electron chi connectivity index (χ1n) is 10.9. The molecule has 2 N–H and O–H groups in total. The van der Waals surface area contributed by atoms with E-state index in [1.165, 1.54) is 36.0 Å². The predicted octanol–water partition coefficient (Wildman–Crippen LogP) is 5.74. The summed E-state index contributed by atoms with van der Waals surface area (Å²) in [7, 11) is 0. The van der Waals surface area contributed by atoms with Crippen molar-refractivity contribution in [2.24, 2.45) is 4.99 Å². The Morgan fingerprint density at radius 1 is 1.14 bits per heavy atom. The fourth-order valence-electron chi connectivity index (χ4n) is 3.20. The highest BCUT2D eigenvalue weighted by molar-refractivity contribution is 14.1. The number of hydrogen-bond donors (Lipinski definition) is 2. The number of para-hydroxylation sites is 1. The van der Waals surface area contributed by atoms with Gasteiger partial charge >= 0.3 is 0 Å². The second-order valence-electron chi connectivity index (χ2n) is 7.42. The number of carbonyl (C=O) groups excluding carboxylic acids is 2. The number of aliphatic imine (C=N–C) groups is 1. The van der Waals surface area contributed by atoms with Gasteiger partial charge < -0.3 is 20.1 Å². The Hall–Kier alpha value is -3.38. The maximum atomic E-state index is 13.1. The molecule has 0 radical (unpaired) electrons. The van der Waals surface area contributed by atoms with Gasteiger partial charge in [-0.1, -0.05) is 18.2 Å². The number of ether oxygens (including phenoxy) is 2. The van der Waals surface area contributed by atoms with E-state index in [0.29, 0.717) is 39.6 Å². The fourth-order valence-corrected chi connectivity index (χ4v) is 4.82. The summed E-state index contributed by atoms with van der Waals surface area (Å²) < 4.78 is 25.4. The summed E-state index contributed by atoms with van der Waals surface area (Å²) in [5, 5.41) is 5.90. The minimum Gasteiger partial charge on any atom is -0.490 e. The molecule has 0 spiro atoms. The summed E-state index contributed by atoms with van der Waals surface area (Å²) in [6.45, 7) is 2.06. The molecule has 0 aromatic heterocycles. The van der Waals surface area contributed by atoms with Crippen LogP contribution in [0.15, 0.2) is 76.6 Å². The molecule has 1 heterocycles. The smallest absolute Gasteiger partial charge is 0.264 e. The summed E-state index contributed by atoms with van der Waals surface area (Å²) in [6, 6.07) is 18.4. The average Bonchev–Trinajstić information content (AvgIpc) is 3.19. The van der Waals surface area contributed by atoms with E-state index in [1.54, 1.807) is 24.3 Å². The van der Waals surface area contributed by atoms with Crippen LogP contribution in [0.5, 0.6) is 11.5 Å². The molecule has 0 bridgehead atoms. The quantitative estimate of drug-likeness (QED) is 0.249. The third-order valence-electron chi connectivity index (χ3n) is 4.74. The number of anilines is 1. The van der Waals surface area contributed by atoms with Crippen molar-refractivity contribution in [3.8, 4) is 11.5 Å². The van der Waals surface area contributed by atoms with Gasteiger partial charge in [0.25, 0.3) is 11.8 Å². The molecule has 2 amide bonds. The van der Waals surface area contributed by atoms with Crippen LogP contribution in [-0.2, 0) is 9.59 Å². The van der Waals surface area contributed by atoms with Crippen molar-refractivity contribution in [3.63, 3.8) is 0 Å². The number of nitrogens with one attached hydrogen (secondary N) is 2. The van der Waals surface area contributed by atoms with E-state index in [4.69, 9.17) is 9.47 Å². The Bertz CT molecular complexity index is 1330. The monoisotopic (exact) mass is 617 g/mol. The predicted molar refractivity (Wildman–Crippen MR) is 148 cm³/mol. The Kier molecular flexibility index (Phi) is 8.60. The van der Waals surface area contributed by atoms with Crippen LogP contribution < -0.4 is 20.1 Å². The van der Waals surface area contributed by atoms with Crippen molar-refractivity contribution < 1.29 is 23.5 Å². The molecule has 0 saturated carbocycles. The van der Waals surface area contributed by atoms with Gasteiger partial charge in [-0.25, -0.2) is 9.38 Å². The highest BCUT2D eigenvalue weighted by Gasteiger charge is 2.24. The molecule has 1 aliphatic heterocycles. The molecule has 10 heteroatoms. The molecule has 1 aliphatic rings. The summed E-state index contributed by atoms with van der Waals surface area (Å²) in [6.07, 6.45) is 1.73. The summed E-state index contributed by atoms with van der Waals surface area (Å²) in [5.41, 5.74) is 1.94. The Morgan fingerprint density at radius 2 is 1.89 bits per heavy atom. The maximum Gasteiger partial charge on any atom is 0.264 e. The Balaban J connectivity index is 1.49. The van der Waals surface area contributed by atoms with Gasteiger partial charge in [0.15, 0.2) is 23.3 Å². The topological polar surface area (TPSA) is 89.0 Å². The first-order chi connectivity index (χ1) is 17.4. The van der Waals surface area contributed by atoms with Crippen LogP contribution in [0.25, 0.3) is 6.08 Å². The normalized spacial score (nSPS) is 15.1. The van der Waals surface area contributed by atoms with Crippen molar-refractivity contribution in [2.75, 3.05) is 18.5 Å². The number of hydrogen-bond acceptors (Lipinski definition) is 6. The standard InChI is InChI=1S/C26H21FIN3O4S/c1-2-34-21-13-16(12-20(28)24(21)35-15-23(32)29-18-6-4-3-5-7-18)14-22-25(33)31-26(36-22)30-19-10-8-17(27)9-11-19/h3-14H,2,15H2,1H3,(H,29,32)(H,30,31,33)/b22-14+. The molecule has 0 atom stereocenters.